The number of hydrogen-bond acceptors (Lipinski definition) is 4. The second-order valence-corrected chi connectivity index (χ2v) is 7.31. The lowest BCUT2D eigenvalue weighted by Gasteiger charge is -2.30. The van der Waals surface area contributed by atoms with E-state index in [0.29, 0.717) is 25.9 Å². The maximum Gasteiger partial charge on any atom is 0.387 e. The molecule has 2 aromatic carbocycles. The summed E-state index contributed by atoms with van der Waals surface area (Å²) < 4.78 is 29.2. The van der Waals surface area contributed by atoms with Crippen LogP contribution >= 0.6 is 0 Å². The number of rotatable bonds is 8. The number of hydrogen-bond donors (Lipinski definition) is 2. The van der Waals surface area contributed by atoms with Crippen molar-refractivity contribution in [2.75, 3.05) is 19.6 Å². The molecule has 0 radical (unpaired) electrons. The number of carbonyl (C=O) groups is 2. The Balaban J connectivity index is 1.68. The Labute approximate surface area is 174 Å². The van der Waals surface area contributed by atoms with Gasteiger partial charge in [0.25, 0.3) is 0 Å². The zero-order chi connectivity index (χ0) is 21.5. The van der Waals surface area contributed by atoms with Gasteiger partial charge >= 0.3 is 6.61 Å². The van der Waals surface area contributed by atoms with Gasteiger partial charge in [0.1, 0.15) is 5.75 Å². The number of nitrogens with two attached hydrogens (primary N) is 1. The number of nitrogens with zero attached hydrogens (tertiary/aromatic N) is 1. The zero-order valence-corrected chi connectivity index (χ0v) is 16.5. The van der Waals surface area contributed by atoms with E-state index in [1.54, 1.807) is 12.1 Å². The van der Waals surface area contributed by atoms with E-state index in [0.717, 1.165) is 11.1 Å². The third kappa shape index (κ3) is 6.00. The van der Waals surface area contributed by atoms with Crippen LogP contribution in [0.3, 0.4) is 0 Å². The van der Waals surface area contributed by atoms with Gasteiger partial charge in [0, 0.05) is 5.92 Å². The lowest BCUT2D eigenvalue weighted by atomic mass is 9.96. The molecule has 0 aromatic heterocycles. The van der Waals surface area contributed by atoms with Crippen LogP contribution in [-0.4, -0.2) is 43.0 Å². The Kier molecular flexibility index (Phi) is 7.35. The smallest absolute Gasteiger partial charge is 0.387 e. The first kappa shape index (κ1) is 21.7. The van der Waals surface area contributed by atoms with E-state index in [-0.39, 0.29) is 30.0 Å². The van der Waals surface area contributed by atoms with E-state index in [2.05, 4.69) is 10.1 Å². The summed E-state index contributed by atoms with van der Waals surface area (Å²) in [5.41, 5.74) is 6.99. The fourth-order valence-corrected chi connectivity index (χ4v) is 3.63. The molecule has 1 aliphatic rings. The highest BCUT2D eigenvalue weighted by molar-refractivity contribution is 5.79. The minimum atomic E-state index is -2.89. The number of carbonyl (C=O) groups excluding carboxylic acids is 2. The van der Waals surface area contributed by atoms with Gasteiger partial charge in [0.15, 0.2) is 0 Å². The molecule has 1 fully saturated rings. The Morgan fingerprint density at radius 2 is 1.63 bits per heavy atom. The molecule has 8 heteroatoms. The number of halogens is 2. The highest BCUT2D eigenvalue weighted by Gasteiger charge is 2.25. The van der Waals surface area contributed by atoms with Crippen molar-refractivity contribution in [3.05, 3.63) is 65.7 Å². The largest absolute Gasteiger partial charge is 0.435 e. The van der Waals surface area contributed by atoms with Crippen LogP contribution in [0.5, 0.6) is 5.75 Å². The molecule has 3 rings (SSSR count). The van der Waals surface area contributed by atoms with E-state index < -0.39 is 12.7 Å². The molecule has 2 amide bonds. The van der Waals surface area contributed by atoms with Crippen LogP contribution in [0.15, 0.2) is 54.6 Å². The summed E-state index contributed by atoms with van der Waals surface area (Å²) in [6.45, 7) is -1.41. The molecule has 6 nitrogen and oxygen atoms in total. The van der Waals surface area contributed by atoms with E-state index >= 15 is 0 Å². The van der Waals surface area contributed by atoms with Gasteiger partial charge in [-0.25, -0.2) is 0 Å². The van der Waals surface area contributed by atoms with Gasteiger partial charge in [-0.15, -0.1) is 0 Å². The Morgan fingerprint density at radius 1 is 1.03 bits per heavy atom. The molecule has 2 aromatic rings. The first-order valence-electron chi connectivity index (χ1n) is 9.83. The summed E-state index contributed by atoms with van der Waals surface area (Å²) in [7, 11) is 0. The summed E-state index contributed by atoms with van der Waals surface area (Å²) >= 11 is 0. The number of amides is 2. The first-order valence-corrected chi connectivity index (χ1v) is 9.83. The number of nitrogens with one attached hydrogen (secondary N) is 1. The van der Waals surface area contributed by atoms with Gasteiger partial charge in [-0.2, -0.15) is 8.78 Å². The zero-order valence-electron chi connectivity index (χ0n) is 16.5. The van der Waals surface area contributed by atoms with Crippen LogP contribution in [-0.2, 0) is 9.59 Å². The number of primary amides is 1. The van der Waals surface area contributed by atoms with Crippen molar-refractivity contribution in [3.8, 4) is 5.75 Å². The van der Waals surface area contributed by atoms with E-state index in [9.17, 15) is 18.4 Å². The lowest BCUT2D eigenvalue weighted by Crippen LogP contribution is -2.44. The molecule has 0 unspecified atom stereocenters. The summed E-state index contributed by atoms with van der Waals surface area (Å²) in [6.07, 6.45) is 1.30. The molecule has 160 valence electrons. The average molecular weight is 417 g/mol. The van der Waals surface area contributed by atoms with E-state index in [4.69, 9.17) is 5.73 Å². The van der Waals surface area contributed by atoms with Crippen LogP contribution < -0.4 is 15.8 Å². The first-order chi connectivity index (χ1) is 14.4. The molecule has 1 saturated heterocycles. The van der Waals surface area contributed by atoms with Crippen LogP contribution in [0, 0.1) is 5.92 Å². The van der Waals surface area contributed by atoms with Crippen molar-refractivity contribution in [3.63, 3.8) is 0 Å². The maximum absolute atomic E-state index is 12.7. The molecule has 1 heterocycles. The Morgan fingerprint density at radius 3 is 2.20 bits per heavy atom. The summed E-state index contributed by atoms with van der Waals surface area (Å²) in [5, 5.41) is 3.03. The van der Waals surface area contributed by atoms with Gasteiger partial charge in [0.05, 0.1) is 12.6 Å². The molecule has 1 aliphatic heterocycles. The standard InChI is InChI=1S/C22H25F2N3O3/c23-22(24)30-18-8-6-16(7-9-18)20(15-4-2-1-3-5-15)26-19(28)14-27-12-10-17(11-13-27)21(25)29/h1-9,17,20,22H,10-14H2,(H2,25,29)(H,26,28)/t20-/m0/s1. The van der Waals surface area contributed by atoms with Crippen molar-refractivity contribution in [2.45, 2.75) is 25.5 Å². The molecular formula is C22H25F2N3O3. The van der Waals surface area contributed by atoms with E-state index in [1.165, 1.54) is 12.1 Å². The lowest BCUT2D eigenvalue weighted by molar-refractivity contribution is -0.124. The quantitative estimate of drug-likeness (QED) is 0.692. The van der Waals surface area contributed by atoms with Gasteiger partial charge in [-0.1, -0.05) is 42.5 Å². The second-order valence-electron chi connectivity index (χ2n) is 7.31. The maximum atomic E-state index is 12.7. The summed E-state index contributed by atoms with van der Waals surface area (Å²) in [4.78, 5) is 26.0. The van der Waals surface area contributed by atoms with Crippen molar-refractivity contribution < 1.29 is 23.1 Å². The monoisotopic (exact) mass is 417 g/mol. The minimum Gasteiger partial charge on any atom is -0.435 e. The number of piperidine rings is 1. The number of ether oxygens (including phenoxy) is 1. The fraction of sp³-hybridized carbons (Fsp3) is 0.364. The van der Waals surface area contributed by atoms with Gasteiger partial charge in [0.2, 0.25) is 11.8 Å². The van der Waals surface area contributed by atoms with Crippen molar-refractivity contribution in [2.24, 2.45) is 11.7 Å². The SMILES string of the molecule is NC(=O)C1CCN(CC(=O)N[C@@H](c2ccccc2)c2ccc(OC(F)F)cc2)CC1. The van der Waals surface area contributed by atoms with Gasteiger partial charge in [-0.3, -0.25) is 14.5 Å². The second kappa shape index (κ2) is 10.2. The van der Waals surface area contributed by atoms with Crippen molar-refractivity contribution >= 4 is 11.8 Å². The number of alkyl halides is 2. The van der Waals surface area contributed by atoms with Crippen LogP contribution in [0.2, 0.25) is 0 Å². The predicted octanol–water partition coefficient (Wildman–Crippen LogP) is 2.69. The van der Waals surface area contributed by atoms with Crippen LogP contribution in [0.4, 0.5) is 8.78 Å². The number of benzene rings is 2. The third-order valence-electron chi connectivity index (χ3n) is 5.23. The number of likely N-dealkylation sites (tertiary alicyclic amines) is 1. The molecule has 1 atom stereocenters. The highest BCUT2D eigenvalue weighted by Crippen LogP contribution is 2.25. The van der Waals surface area contributed by atoms with Gasteiger partial charge in [-0.05, 0) is 49.2 Å². The predicted molar refractivity (Wildman–Crippen MR) is 108 cm³/mol. The molecule has 0 saturated carbocycles. The topological polar surface area (TPSA) is 84.7 Å². The Bertz CT molecular complexity index is 838. The van der Waals surface area contributed by atoms with Crippen LogP contribution in [0.25, 0.3) is 0 Å². The van der Waals surface area contributed by atoms with Gasteiger partial charge < -0.3 is 15.8 Å². The highest BCUT2D eigenvalue weighted by atomic mass is 19.3. The van der Waals surface area contributed by atoms with E-state index in [1.807, 2.05) is 35.2 Å². The minimum absolute atomic E-state index is 0.0595. The average Bonchev–Trinajstić information content (AvgIpc) is 2.73. The van der Waals surface area contributed by atoms with Crippen molar-refractivity contribution in [1.82, 2.24) is 10.2 Å². The fourth-order valence-electron chi connectivity index (χ4n) is 3.63. The Hall–Kier alpha value is -3.00. The molecule has 3 N–H and O–H groups in total. The molecular weight excluding hydrogens is 392 g/mol. The molecule has 30 heavy (non-hydrogen) atoms. The third-order valence-corrected chi connectivity index (χ3v) is 5.23. The van der Waals surface area contributed by atoms with Crippen LogP contribution in [0.1, 0.15) is 30.0 Å². The summed E-state index contributed by atoms with van der Waals surface area (Å²) in [5.74, 6) is -0.517. The molecule has 0 bridgehead atoms. The van der Waals surface area contributed by atoms with Crippen molar-refractivity contribution in [1.29, 1.82) is 0 Å². The molecule has 0 aliphatic carbocycles. The normalized spacial score (nSPS) is 16.2. The molecule has 0 spiro atoms. The summed E-state index contributed by atoms with van der Waals surface area (Å²) in [6, 6.07) is 15.2.